The molecule has 0 saturated carbocycles. The molecule has 1 aliphatic rings. The van der Waals surface area contributed by atoms with Gasteiger partial charge in [0.1, 0.15) is 5.92 Å². The van der Waals surface area contributed by atoms with Gasteiger partial charge in [-0.1, -0.05) is 6.08 Å². The second-order valence-electron chi connectivity index (χ2n) is 3.08. The molecule has 0 aromatic carbocycles. The van der Waals surface area contributed by atoms with Crippen LogP contribution < -0.4 is 5.73 Å². The van der Waals surface area contributed by atoms with Gasteiger partial charge in [0.2, 0.25) is 0 Å². The van der Waals surface area contributed by atoms with Gasteiger partial charge in [0.15, 0.2) is 5.72 Å². The van der Waals surface area contributed by atoms with Crippen molar-refractivity contribution in [2.45, 2.75) is 5.72 Å². The van der Waals surface area contributed by atoms with Gasteiger partial charge in [-0.25, -0.2) is 0 Å². The maximum Gasteiger partial charge on any atom is 0.315 e. The largest absolute Gasteiger partial charge is 0.481 e. The Hall–Kier alpha value is -1.22. The molecule has 2 atom stereocenters. The predicted molar refractivity (Wildman–Crippen MR) is 49.0 cm³/mol. The maximum absolute atomic E-state index is 10.7. The van der Waals surface area contributed by atoms with Gasteiger partial charge in [-0.15, -0.1) is 0 Å². The fraction of sp³-hybridized carbons (Fsp3) is 0.286. The zero-order chi connectivity index (χ0) is 11.9. The van der Waals surface area contributed by atoms with Crippen LogP contribution in [-0.2, 0) is 14.9 Å². The van der Waals surface area contributed by atoms with Crippen LogP contribution in [0.4, 0.5) is 0 Å². The molecule has 5 N–H and O–H groups in total. The first-order chi connectivity index (χ1) is 6.64. The third-order valence-corrected chi connectivity index (χ3v) is 2.74. The average molecular weight is 235 g/mol. The highest BCUT2D eigenvalue weighted by atomic mass is 32.2. The Kier molecular flexibility index (Phi) is 2.70. The molecule has 0 aliphatic heterocycles. The van der Waals surface area contributed by atoms with E-state index in [1.807, 2.05) is 0 Å². The number of allylic oxidation sites excluding steroid dienone is 1. The Morgan fingerprint density at radius 2 is 2.07 bits per heavy atom. The normalized spacial score (nSPS) is 31.1. The molecule has 0 saturated heterocycles. The van der Waals surface area contributed by atoms with Crippen LogP contribution in [0.3, 0.4) is 0 Å². The van der Waals surface area contributed by atoms with E-state index in [0.29, 0.717) is 6.08 Å². The van der Waals surface area contributed by atoms with Crippen molar-refractivity contribution in [2.24, 2.45) is 11.7 Å². The summed E-state index contributed by atoms with van der Waals surface area (Å²) in [6.45, 7) is 0. The van der Waals surface area contributed by atoms with Crippen molar-refractivity contribution in [1.82, 2.24) is 0 Å². The summed E-state index contributed by atoms with van der Waals surface area (Å²) in [5, 5.41) is 18.1. The number of nitrogens with two attached hydrogens (primary N) is 1. The molecule has 1 rings (SSSR count). The molecule has 7 nitrogen and oxygen atoms in total. The van der Waals surface area contributed by atoms with E-state index in [2.05, 4.69) is 0 Å². The molecular formula is C7H9NO6S. The first-order valence-electron chi connectivity index (χ1n) is 3.77. The minimum atomic E-state index is -4.50. The standard InChI is InChI=1S/C7H9NO6S/c8-7(11)3-4(15(12,13)14)1-2-5(7)6(9)10/h1-3,5,11H,8H2,(H,9,10)(H,12,13,14). The van der Waals surface area contributed by atoms with E-state index >= 15 is 0 Å². The van der Waals surface area contributed by atoms with E-state index in [9.17, 15) is 18.3 Å². The summed E-state index contributed by atoms with van der Waals surface area (Å²) in [6, 6.07) is 0. The monoisotopic (exact) mass is 235 g/mol. The van der Waals surface area contributed by atoms with Gasteiger partial charge in [0.25, 0.3) is 10.1 Å². The molecule has 15 heavy (non-hydrogen) atoms. The minimum absolute atomic E-state index is 0.584. The molecule has 0 bridgehead atoms. The Morgan fingerprint density at radius 1 is 1.53 bits per heavy atom. The fourth-order valence-corrected chi connectivity index (χ4v) is 1.74. The number of carboxylic acids is 1. The topological polar surface area (TPSA) is 138 Å². The van der Waals surface area contributed by atoms with Crippen LogP contribution in [0.1, 0.15) is 0 Å². The summed E-state index contributed by atoms with van der Waals surface area (Å²) in [7, 11) is -4.50. The summed E-state index contributed by atoms with van der Waals surface area (Å²) in [5.41, 5.74) is 2.84. The third kappa shape index (κ3) is 2.42. The Bertz CT molecular complexity index is 446. The highest BCUT2D eigenvalue weighted by Gasteiger charge is 2.38. The summed E-state index contributed by atoms with van der Waals surface area (Å²) in [6.07, 6.45) is 2.35. The number of hydrogen-bond acceptors (Lipinski definition) is 5. The molecule has 84 valence electrons. The van der Waals surface area contributed by atoms with Crippen LogP contribution in [-0.4, -0.2) is 34.9 Å². The molecule has 0 fully saturated rings. The van der Waals surface area contributed by atoms with Crippen molar-refractivity contribution in [3.05, 3.63) is 23.1 Å². The first kappa shape index (κ1) is 11.9. The van der Waals surface area contributed by atoms with Crippen LogP contribution in [0.25, 0.3) is 0 Å². The third-order valence-electron chi connectivity index (χ3n) is 1.89. The molecular weight excluding hydrogens is 226 g/mol. The lowest BCUT2D eigenvalue weighted by molar-refractivity contribution is -0.146. The SMILES string of the molecule is NC1(O)C=C(S(=O)(=O)O)C=CC1C(=O)O. The lowest BCUT2D eigenvalue weighted by Crippen LogP contribution is -2.49. The molecule has 0 radical (unpaired) electrons. The summed E-state index contributed by atoms with van der Waals surface area (Å²) >= 11 is 0. The maximum atomic E-state index is 10.7. The van der Waals surface area contributed by atoms with Gasteiger partial charge >= 0.3 is 5.97 Å². The van der Waals surface area contributed by atoms with Crippen LogP contribution >= 0.6 is 0 Å². The van der Waals surface area contributed by atoms with Crippen LogP contribution in [0.5, 0.6) is 0 Å². The second kappa shape index (κ2) is 3.42. The Morgan fingerprint density at radius 3 is 2.40 bits per heavy atom. The zero-order valence-electron chi connectivity index (χ0n) is 7.36. The van der Waals surface area contributed by atoms with Gasteiger partial charge in [-0.2, -0.15) is 8.42 Å². The molecule has 1 aliphatic carbocycles. The summed E-state index contributed by atoms with van der Waals surface area (Å²) in [4.78, 5) is 9.96. The van der Waals surface area contributed by atoms with Crippen molar-refractivity contribution in [3.8, 4) is 0 Å². The number of rotatable bonds is 2. The fourth-order valence-electron chi connectivity index (χ4n) is 1.15. The summed E-state index contributed by atoms with van der Waals surface area (Å²) < 4.78 is 30.0. The molecule has 2 unspecified atom stereocenters. The highest BCUT2D eigenvalue weighted by molar-refractivity contribution is 7.90. The van der Waals surface area contributed by atoms with Gasteiger partial charge in [0.05, 0.1) is 4.91 Å². The van der Waals surface area contributed by atoms with Crippen molar-refractivity contribution in [2.75, 3.05) is 0 Å². The first-order valence-corrected chi connectivity index (χ1v) is 5.21. The number of aliphatic hydroxyl groups is 1. The minimum Gasteiger partial charge on any atom is -0.481 e. The van der Waals surface area contributed by atoms with E-state index in [1.165, 1.54) is 0 Å². The van der Waals surface area contributed by atoms with Crippen molar-refractivity contribution in [1.29, 1.82) is 0 Å². The van der Waals surface area contributed by atoms with Crippen molar-refractivity contribution >= 4 is 16.1 Å². The number of carbonyl (C=O) groups is 1. The number of aliphatic carboxylic acids is 1. The predicted octanol–water partition coefficient (Wildman–Crippen LogP) is -1.32. The van der Waals surface area contributed by atoms with Crippen molar-refractivity contribution in [3.63, 3.8) is 0 Å². The molecule has 0 amide bonds. The highest BCUT2D eigenvalue weighted by Crippen LogP contribution is 2.25. The number of hydrogen-bond donors (Lipinski definition) is 4. The average Bonchev–Trinajstić information content (AvgIpc) is 1.99. The van der Waals surface area contributed by atoms with Gasteiger partial charge < -0.3 is 10.2 Å². The van der Waals surface area contributed by atoms with Crippen LogP contribution in [0.15, 0.2) is 23.1 Å². The molecule has 8 heteroatoms. The van der Waals surface area contributed by atoms with E-state index in [-0.39, 0.29) is 0 Å². The Balaban J connectivity index is 3.17. The van der Waals surface area contributed by atoms with Gasteiger partial charge in [0, 0.05) is 0 Å². The molecule has 0 aromatic rings. The van der Waals surface area contributed by atoms with E-state index in [1.54, 1.807) is 0 Å². The quantitative estimate of drug-likeness (QED) is 0.344. The van der Waals surface area contributed by atoms with Crippen LogP contribution in [0.2, 0.25) is 0 Å². The van der Waals surface area contributed by atoms with E-state index < -0.39 is 32.6 Å². The number of carboxylic acid groups (broad SMARTS) is 1. The van der Waals surface area contributed by atoms with Crippen LogP contribution in [0, 0.1) is 5.92 Å². The van der Waals surface area contributed by atoms with E-state index in [4.69, 9.17) is 15.4 Å². The van der Waals surface area contributed by atoms with E-state index in [0.717, 1.165) is 12.2 Å². The second-order valence-corrected chi connectivity index (χ2v) is 4.51. The van der Waals surface area contributed by atoms with Gasteiger partial charge in [-0.05, 0) is 12.2 Å². The Labute approximate surface area is 85.3 Å². The summed E-state index contributed by atoms with van der Waals surface area (Å²) in [5.74, 6) is -2.86. The zero-order valence-corrected chi connectivity index (χ0v) is 8.18. The smallest absolute Gasteiger partial charge is 0.315 e. The molecule has 0 spiro atoms. The lowest BCUT2D eigenvalue weighted by atomic mass is 9.92. The molecule has 0 heterocycles. The van der Waals surface area contributed by atoms with Crippen molar-refractivity contribution < 1.29 is 28.0 Å². The lowest BCUT2D eigenvalue weighted by Gasteiger charge is -2.27. The van der Waals surface area contributed by atoms with Gasteiger partial charge in [-0.3, -0.25) is 15.1 Å². The molecule has 0 aromatic heterocycles.